The Hall–Kier alpha value is -2.50. The number of aromatic nitrogens is 2. The highest BCUT2D eigenvalue weighted by atomic mass is 16.7. The zero-order chi connectivity index (χ0) is 15.7. The van der Waals surface area contributed by atoms with E-state index in [1.165, 1.54) is 0 Å². The molecule has 2 aromatic rings. The van der Waals surface area contributed by atoms with Crippen LogP contribution in [0, 0.1) is 13.8 Å². The summed E-state index contributed by atoms with van der Waals surface area (Å²) < 4.78 is 12.4. The summed E-state index contributed by atoms with van der Waals surface area (Å²) in [6, 6.07) is 5.77. The molecule has 1 N–H and O–H groups in total. The maximum Gasteiger partial charge on any atom is 0.231 e. The molecule has 116 valence electrons. The second kappa shape index (κ2) is 5.71. The Bertz CT molecular complexity index is 722. The molecular formula is C16H19N3O3. The molecule has 0 fully saturated rings. The first kappa shape index (κ1) is 14.4. The largest absolute Gasteiger partial charge is 0.454 e. The maximum absolute atomic E-state index is 12.1. The van der Waals surface area contributed by atoms with Crippen molar-refractivity contribution in [2.24, 2.45) is 7.05 Å². The summed E-state index contributed by atoms with van der Waals surface area (Å²) in [5, 5.41) is 7.24. The van der Waals surface area contributed by atoms with Gasteiger partial charge in [-0.25, -0.2) is 0 Å². The average molecular weight is 301 g/mol. The van der Waals surface area contributed by atoms with Crippen LogP contribution in [0.2, 0.25) is 0 Å². The van der Waals surface area contributed by atoms with E-state index in [0.717, 1.165) is 34.1 Å². The molecule has 0 atom stereocenters. The van der Waals surface area contributed by atoms with Crippen molar-refractivity contribution in [3.63, 3.8) is 0 Å². The Morgan fingerprint density at radius 3 is 2.82 bits per heavy atom. The third kappa shape index (κ3) is 2.77. The summed E-state index contributed by atoms with van der Waals surface area (Å²) in [5.41, 5.74) is 3.64. The van der Waals surface area contributed by atoms with Crippen LogP contribution in [0.4, 0.5) is 5.69 Å². The Morgan fingerprint density at radius 1 is 1.32 bits per heavy atom. The quantitative estimate of drug-likeness (QED) is 0.941. The number of hydrogen-bond acceptors (Lipinski definition) is 4. The van der Waals surface area contributed by atoms with E-state index in [1.54, 1.807) is 4.68 Å². The van der Waals surface area contributed by atoms with Gasteiger partial charge in [-0.2, -0.15) is 5.10 Å². The topological polar surface area (TPSA) is 65.4 Å². The molecular weight excluding hydrogens is 282 g/mol. The van der Waals surface area contributed by atoms with Gasteiger partial charge in [0.2, 0.25) is 12.7 Å². The van der Waals surface area contributed by atoms with Gasteiger partial charge < -0.3 is 14.8 Å². The molecule has 1 aromatic carbocycles. The Kier molecular flexibility index (Phi) is 3.75. The fourth-order valence-corrected chi connectivity index (χ4v) is 2.51. The molecule has 0 unspecified atom stereocenters. The smallest absolute Gasteiger partial charge is 0.231 e. The van der Waals surface area contributed by atoms with Crippen LogP contribution in [0.5, 0.6) is 11.5 Å². The summed E-state index contributed by atoms with van der Waals surface area (Å²) in [4.78, 5) is 12.1. The van der Waals surface area contributed by atoms with E-state index in [2.05, 4.69) is 10.4 Å². The van der Waals surface area contributed by atoms with Crippen LogP contribution in [-0.2, 0) is 18.3 Å². The van der Waals surface area contributed by atoms with Gasteiger partial charge in [-0.3, -0.25) is 9.48 Å². The van der Waals surface area contributed by atoms with Gasteiger partial charge in [0.1, 0.15) is 0 Å². The number of amides is 1. The van der Waals surface area contributed by atoms with E-state index in [1.807, 2.05) is 39.1 Å². The van der Waals surface area contributed by atoms with Gasteiger partial charge in [-0.15, -0.1) is 0 Å². The van der Waals surface area contributed by atoms with Crippen LogP contribution >= 0.6 is 0 Å². The monoisotopic (exact) mass is 301 g/mol. The van der Waals surface area contributed by atoms with E-state index < -0.39 is 0 Å². The van der Waals surface area contributed by atoms with Crippen LogP contribution in [0.25, 0.3) is 0 Å². The molecule has 3 rings (SSSR count). The van der Waals surface area contributed by atoms with Crippen LogP contribution in [0.1, 0.15) is 23.4 Å². The Morgan fingerprint density at radius 2 is 2.09 bits per heavy atom. The van der Waals surface area contributed by atoms with Gasteiger partial charge in [0.15, 0.2) is 11.5 Å². The molecule has 0 saturated heterocycles. The highest BCUT2D eigenvalue weighted by molar-refractivity contribution is 5.92. The number of aryl methyl sites for hydroxylation is 3. The van der Waals surface area contributed by atoms with Gasteiger partial charge >= 0.3 is 0 Å². The molecule has 0 aliphatic carbocycles. The van der Waals surface area contributed by atoms with Crippen molar-refractivity contribution in [1.82, 2.24) is 9.78 Å². The minimum atomic E-state index is -0.0168. The summed E-state index contributed by atoms with van der Waals surface area (Å²) in [7, 11) is 1.87. The molecule has 2 heterocycles. The van der Waals surface area contributed by atoms with Crippen molar-refractivity contribution in [2.45, 2.75) is 26.7 Å². The van der Waals surface area contributed by atoms with Crippen molar-refractivity contribution in [1.29, 1.82) is 0 Å². The third-order valence-corrected chi connectivity index (χ3v) is 3.85. The number of fused-ring (bicyclic) bond motifs is 1. The molecule has 0 spiro atoms. The molecule has 1 amide bonds. The zero-order valence-electron chi connectivity index (χ0n) is 13.0. The number of carbonyl (C=O) groups excluding carboxylic acids is 1. The molecule has 0 radical (unpaired) electrons. The lowest BCUT2D eigenvalue weighted by atomic mass is 10.1. The molecule has 1 aliphatic heterocycles. The number of ether oxygens (including phenoxy) is 2. The number of anilines is 1. The molecule has 6 nitrogen and oxygen atoms in total. The summed E-state index contributed by atoms with van der Waals surface area (Å²) in [6.45, 7) is 4.09. The van der Waals surface area contributed by atoms with E-state index in [-0.39, 0.29) is 12.7 Å². The predicted octanol–water partition coefficient (Wildman–Crippen LogP) is 2.34. The fourth-order valence-electron chi connectivity index (χ4n) is 2.51. The van der Waals surface area contributed by atoms with Crippen LogP contribution in [0.15, 0.2) is 18.2 Å². The van der Waals surface area contributed by atoms with E-state index in [4.69, 9.17) is 9.47 Å². The second-order valence-electron chi connectivity index (χ2n) is 5.41. The number of nitrogens with one attached hydrogen (secondary N) is 1. The van der Waals surface area contributed by atoms with Crippen molar-refractivity contribution < 1.29 is 14.3 Å². The van der Waals surface area contributed by atoms with Crippen molar-refractivity contribution in [3.05, 3.63) is 35.2 Å². The van der Waals surface area contributed by atoms with Crippen LogP contribution < -0.4 is 14.8 Å². The molecule has 1 aliphatic rings. The fraction of sp³-hybridized carbons (Fsp3) is 0.375. The Labute approximate surface area is 129 Å². The lowest BCUT2D eigenvalue weighted by molar-refractivity contribution is -0.116. The predicted molar refractivity (Wildman–Crippen MR) is 82.2 cm³/mol. The van der Waals surface area contributed by atoms with Gasteiger partial charge in [-0.1, -0.05) is 6.07 Å². The van der Waals surface area contributed by atoms with Gasteiger partial charge in [0.25, 0.3) is 0 Å². The first-order chi connectivity index (χ1) is 10.5. The minimum Gasteiger partial charge on any atom is -0.454 e. The van der Waals surface area contributed by atoms with Gasteiger partial charge in [-0.05, 0) is 38.0 Å². The normalized spacial score (nSPS) is 12.5. The molecule has 6 heteroatoms. The molecule has 0 bridgehead atoms. The maximum atomic E-state index is 12.1. The average Bonchev–Trinajstić information content (AvgIpc) is 3.05. The second-order valence-corrected chi connectivity index (χ2v) is 5.41. The highest BCUT2D eigenvalue weighted by Crippen LogP contribution is 2.32. The lowest BCUT2D eigenvalue weighted by Crippen LogP contribution is -2.13. The first-order valence-electron chi connectivity index (χ1n) is 7.23. The first-order valence-corrected chi connectivity index (χ1v) is 7.23. The third-order valence-electron chi connectivity index (χ3n) is 3.85. The Balaban J connectivity index is 1.60. The van der Waals surface area contributed by atoms with Gasteiger partial charge in [0, 0.05) is 13.5 Å². The molecule has 0 saturated carbocycles. The zero-order valence-corrected chi connectivity index (χ0v) is 13.0. The summed E-state index contributed by atoms with van der Waals surface area (Å²) in [6.07, 6.45) is 1.06. The van der Waals surface area contributed by atoms with Crippen molar-refractivity contribution in [2.75, 3.05) is 12.1 Å². The number of rotatable bonds is 4. The van der Waals surface area contributed by atoms with Crippen LogP contribution in [-0.4, -0.2) is 22.5 Å². The highest BCUT2D eigenvalue weighted by Gasteiger charge is 2.15. The lowest BCUT2D eigenvalue weighted by Gasteiger charge is -2.06. The number of hydrogen-bond donors (Lipinski definition) is 1. The van der Waals surface area contributed by atoms with E-state index >= 15 is 0 Å². The number of benzene rings is 1. The SMILES string of the molecule is Cc1nn(C)c(C)c1NC(=O)CCc1ccc2c(c1)OCO2. The summed E-state index contributed by atoms with van der Waals surface area (Å²) in [5.74, 6) is 1.49. The van der Waals surface area contributed by atoms with Gasteiger partial charge in [0.05, 0.1) is 17.1 Å². The van der Waals surface area contributed by atoms with Crippen LogP contribution in [0.3, 0.4) is 0 Å². The molecule has 22 heavy (non-hydrogen) atoms. The summed E-state index contributed by atoms with van der Waals surface area (Å²) >= 11 is 0. The van der Waals surface area contributed by atoms with Crippen molar-refractivity contribution >= 4 is 11.6 Å². The van der Waals surface area contributed by atoms with Crippen molar-refractivity contribution in [3.8, 4) is 11.5 Å². The number of nitrogens with zero attached hydrogens (tertiary/aromatic N) is 2. The van der Waals surface area contributed by atoms with E-state index in [9.17, 15) is 4.79 Å². The molecule has 1 aromatic heterocycles. The number of carbonyl (C=O) groups is 1. The minimum absolute atomic E-state index is 0.0168. The van der Waals surface area contributed by atoms with E-state index in [0.29, 0.717) is 12.8 Å². The standard InChI is InChI=1S/C16H19N3O3/c1-10-16(11(2)19(3)18-10)17-15(20)7-5-12-4-6-13-14(8-12)22-9-21-13/h4,6,8H,5,7,9H2,1-3H3,(H,17,20).